The third kappa shape index (κ3) is 2.92. The quantitative estimate of drug-likeness (QED) is 0.369. The predicted octanol–water partition coefficient (Wildman–Crippen LogP) is 2.05. The maximum absolute atomic E-state index is 11.3. The molecule has 2 N–H and O–H groups in total. The molecule has 1 aromatic carbocycles. The average molecular weight is 251 g/mol. The molecule has 6 nitrogen and oxygen atoms in total. The van der Waals surface area contributed by atoms with Crippen LogP contribution < -0.4 is 0 Å². The van der Waals surface area contributed by atoms with Crippen molar-refractivity contribution in [3.63, 3.8) is 0 Å². The van der Waals surface area contributed by atoms with E-state index >= 15 is 0 Å². The molecule has 0 saturated carbocycles. The largest absolute Gasteiger partial charge is 0.512 e. The molecule has 1 rings (SSSR count). The predicted molar refractivity (Wildman–Crippen MR) is 64.1 cm³/mol. The number of aliphatic hydroxyl groups excluding tert-OH is 2. The van der Waals surface area contributed by atoms with Crippen molar-refractivity contribution in [3.05, 3.63) is 51.3 Å². The third-order valence-corrected chi connectivity index (χ3v) is 2.46. The molecule has 0 aliphatic rings. The smallest absolute Gasteiger partial charge is 0.269 e. The van der Waals surface area contributed by atoms with Crippen LogP contribution in [0, 0.1) is 10.1 Å². The molecule has 1 atom stereocenters. The number of benzene rings is 1. The lowest BCUT2D eigenvalue weighted by atomic mass is 9.98. The van der Waals surface area contributed by atoms with Crippen molar-refractivity contribution < 1.29 is 19.9 Å². The molecule has 0 heterocycles. The Morgan fingerprint density at radius 1 is 1.28 bits per heavy atom. The van der Waals surface area contributed by atoms with Crippen molar-refractivity contribution in [2.24, 2.45) is 0 Å². The monoisotopic (exact) mass is 251 g/mol. The van der Waals surface area contributed by atoms with E-state index in [1.807, 2.05) is 0 Å². The van der Waals surface area contributed by atoms with Gasteiger partial charge in [-0.1, -0.05) is 0 Å². The molecule has 0 saturated heterocycles. The molecule has 18 heavy (non-hydrogen) atoms. The van der Waals surface area contributed by atoms with E-state index in [0.717, 1.165) is 0 Å². The van der Waals surface area contributed by atoms with Crippen molar-refractivity contribution in [2.75, 3.05) is 0 Å². The molecule has 6 heteroatoms. The lowest BCUT2D eigenvalue weighted by Gasteiger charge is -2.13. The molecular formula is C12H13NO5. The van der Waals surface area contributed by atoms with Crippen molar-refractivity contribution in [1.29, 1.82) is 0 Å². The van der Waals surface area contributed by atoms with Crippen LogP contribution in [0.4, 0.5) is 5.69 Å². The summed E-state index contributed by atoms with van der Waals surface area (Å²) in [5.74, 6) is -0.728. The number of nitro benzene ring substituents is 1. The summed E-state index contributed by atoms with van der Waals surface area (Å²) in [5.41, 5.74) is 0.0723. The lowest BCUT2D eigenvalue weighted by molar-refractivity contribution is -0.384. The standard InChI is InChI=1S/C12H13NO5/c1-7(14)11(8(2)15)12(16)9-3-5-10(6-4-9)13(17)18/h3-6,12,14,16H,1-2H3/b11-7-. The maximum Gasteiger partial charge on any atom is 0.269 e. The Morgan fingerprint density at radius 3 is 2.11 bits per heavy atom. The van der Waals surface area contributed by atoms with E-state index in [-0.39, 0.29) is 17.0 Å². The molecule has 0 spiro atoms. The van der Waals surface area contributed by atoms with Gasteiger partial charge in [0.05, 0.1) is 16.3 Å². The summed E-state index contributed by atoms with van der Waals surface area (Å²) >= 11 is 0. The first-order valence-electron chi connectivity index (χ1n) is 5.17. The van der Waals surface area contributed by atoms with Crippen LogP contribution in [0.15, 0.2) is 35.6 Å². The molecule has 1 unspecified atom stereocenters. The summed E-state index contributed by atoms with van der Waals surface area (Å²) in [6.45, 7) is 2.52. The van der Waals surface area contributed by atoms with E-state index in [0.29, 0.717) is 5.56 Å². The van der Waals surface area contributed by atoms with Gasteiger partial charge in [0.2, 0.25) is 0 Å². The SMILES string of the molecule is CC(=O)/C(=C(\C)O)C(O)c1ccc([N+](=O)[O-])cc1. The number of Topliss-reactive ketones (excluding diaryl/α,β-unsaturated/α-hetero) is 1. The van der Waals surface area contributed by atoms with Gasteiger partial charge in [-0.05, 0) is 31.5 Å². The van der Waals surface area contributed by atoms with Gasteiger partial charge in [-0.25, -0.2) is 0 Å². The van der Waals surface area contributed by atoms with E-state index in [1.54, 1.807) is 0 Å². The Bertz CT molecular complexity index is 500. The van der Waals surface area contributed by atoms with E-state index in [2.05, 4.69) is 0 Å². The summed E-state index contributed by atoms with van der Waals surface area (Å²) in [6, 6.07) is 5.13. The van der Waals surface area contributed by atoms with Crippen LogP contribution in [0.2, 0.25) is 0 Å². The minimum absolute atomic E-state index is 0.111. The van der Waals surface area contributed by atoms with Gasteiger partial charge in [-0.3, -0.25) is 14.9 Å². The number of nitro groups is 1. The second-order valence-corrected chi connectivity index (χ2v) is 3.81. The van der Waals surface area contributed by atoms with E-state index in [1.165, 1.54) is 38.1 Å². The number of ketones is 1. The van der Waals surface area contributed by atoms with Crippen LogP contribution in [0.25, 0.3) is 0 Å². The van der Waals surface area contributed by atoms with E-state index in [4.69, 9.17) is 0 Å². The van der Waals surface area contributed by atoms with Crippen molar-refractivity contribution in [3.8, 4) is 0 Å². The molecule has 0 radical (unpaired) electrons. The third-order valence-electron chi connectivity index (χ3n) is 2.46. The second kappa shape index (κ2) is 5.42. The number of carbonyl (C=O) groups is 1. The second-order valence-electron chi connectivity index (χ2n) is 3.81. The zero-order valence-corrected chi connectivity index (χ0v) is 9.95. The van der Waals surface area contributed by atoms with Crippen LogP contribution in [-0.2, 0) is 4.79 Å². The number of hydrogen-bond acceptors (Lipinski definition) is 5. The van der Waals surface area contributed by atoms with Gasteiger partial charge in [0.1, 0.15) is 6.10 Å². The molecule has 0 aromatic heterocycles. The highest BCUT2D eigenvalue weighted by atomic mass is 16.6. The molecule has 0 amide bonds. The summed E-state index contributed by atoms with van der Waals surface area (Å²) in [7, 11) is 0. The van der Waals surface area contributed by atoms with Crippen LogP contribution in [-0.4, -0.2) is 20.9 Å². The number of carbonyl (C=O) groups excluding carboxylic acids is 1. The van der Waals surface area contributed by atoms with Crippen molar-refractivity contribution in [2.45, 2.75) is 20.0 Å². The highest BCUT2D eigenvalue weighted by Crippen LogP contribution is 2.25. The average Bonchev–Trinajstić information content (AvgIpc) is 2.28. The van der Waals surface area contributed by atoms with Crippen LogP contribution in [0.3, 0.4) is 0 Å². The highest BCUT2D eigenvalue weighted by Gasteiger charge is 2.21. The Morgan fingerprint density at radius 2 is 1.78 bits per heavy atom. The zero-order chi connectivity index (χ0) is 13.9. The summed E-state index contributed by atoms with van der Waals surface area (Å²) in [4.78, 5) is 21.2. The fourth-order valence-corrected chi connectivity index (χ4v) is 1.59. The molecule has 0 aliphatic carbocycles. The van der Waals surface area contributed by atoms with Crippen LogP contribution in [0.5, 0.6) is 0 Å². The molecule has 0 bridgehead atoms. The highest BCUT2D eigenvalue weighted by molar-refractivity contribution is 5.94. The Labute approximate surface area is 103 Å². The van der Waals surface area contributed by atoms with Crippen molar-refractivity contribution >= 4 is 11.5 Å². The minimum Gasteiger partial charge on any atom is -0.512 e. The molecule has 1 aromatic rings. The van der Waals surface area contributed by atoms with Gasteiger partial charge < -0.3 is 10.2 Å². The van der Waals surface area contributed by atoms with Crippen LogP contribution in [0.1, 0.15) is 25.5 Å². The Hall–Kier alpha value is -2.21. The fourth-order valence-electron chi connectivity index (χ4n) is 1.59. The fraction of sp³-hybridized carbons (Fsp3) is 0.250. The van der Waals surface area contributed by atoms with E-state index < -0.39 is 16.8 Å². The topological polar surface area (TPSA) is 101 Å². The number of hydrogen-bond donors (Lipinski definition) is 2. The Kier molecular flexibility index (Phi) is 4.17. The minimum atomic E-state index is -1.30. The van der Waals surface area contributed by atoms with E-state index in [9.17, 15) is 25.1 Å². The maximum atomic E-state index is 11.3. The van der Waals surface area contributed by atoms with Crippen molar-refractivity contribution in [1.82, 2.24) is 0 Å². The first-order valence-corrected chi connectivity index (χ1v) is 5.17. The molecule has 0 aliphatic heterocycles. The normalized spacial score (nSPS) is 13.7. The van der Waals surface area contributed by atoms with Gasteiger partial charge in [0.15, 0.2) is 5.78 Å². The molecular weight excluding hydrogens is 238 g/mol. The number of allylic oxidation sites excluding steroid dienone is 1. The number of aliphatic hydroxyl groups is 2. The van der Waals surface area contributed by atoms with Gasteiger partial charge in [0, 0.05) is 12.1 Å². The van der Waals surface area contributed by atoms with Gasteiger partial charge in [-0.15, -0.1) is 0 Å². The molecule has 0 fully saturated rings. The lowest BCUT2D eigenvalue weighted by Crippen LogP contribution is -2.11. The number of nitrogens with zero attached hydrogens (tertiary/aromatic N) is 1. The number of rotatable bonds is 4. The zero-order valence-electron chi connectivity index (χ0n) is 9.95. The first-order chi connectivity index (χ1) is 8.34. The summed E-state index contributed by atoms with van der Waals surface area (Å²) < 4.78 is 0. The van der Waals surface area contributed by atoms with Gasteiger partial charge in [0.25, 0.3) is 5.69 Å². The van der Waals surface area contributed by atoms with Gasteiger partial charge >= 0.3 is 0 Å². The first kappa shape index (κ1) is 13.9. The summed E-state index contributed by atoms with van der Waals surface area (Å²) in [5, 5.41) is 29.8. The number of non-ortho nitro benzene ring substituents is 1. The van der Waals surface area contributed by atoms with Gasteiger partial charge in [-0.2, -0.15) is 0 Å². The Balaban J connectivity index is 3.11. The summed E-state index contributed by atoms with van der Waals surface area (Å²) in [6.07, 6.45) is -1.30. The van der Waals surface area contributed by atoms with Crippen LogP contribution >= 0.6 is 0 Å². The molecule has 96 valence electrons.